The fourth-order valence-electron chi connectivity index (χ4n) is 9.40. The second kappa shape index (κ2) is 31.8. The van der Waals surface area contributed by atoms with E-state index in [1.54, 1.807) is 0 Å². The van der Waals surface area contributed by atoms with Crippen LogP contribution in [0.1, 0.15) is 235 Å². The van der Waals surface area contributed by atoms with Crippen molar-refractivity contribution >= 4 is 17.1 Å². The Balaban J connectivity index is 2.26. The van der Waals surface area contributed by atoms with Gasteiger partial charge in [0, 0.05) is 62.2 Å². The summed E-state index contributed by atoms with van der Waals surface area (Å²) in [6.07, 6.45) is 31.3. The number of aryl methyl sites for hydroxylation is 3. The summed E-state index contributed by atoms with van der Waals surface area (Å²) < 4.78 is 0. The Labute approximate surface area is 379 Å². The van der Waals surface area contributed by atoms with Gasteiger partial charge < -0.3 is 14.7 Å². The van der Waals surface area contributed by atoms with Crippen LogP contribution in [-0.4, -0.2) is 39.3 Å². The molecule has 3 heteroatoms. The minimum atomic E-state index is 0.158. The monoisotopic (exact) mass is 836 g/mol. The highest BCUT2D eigenvalue weighted by Gasteiger charge is 2.26. The summed E-state index contributed by atoms with van der Waals surface area (Å²) in [4.78, 5) is 8.25. The molecule has 3 aromatic carbocycles. The van der Waals surface area contributed by atoms with E-state index < -0.39 is 0 Å². The first-order valence-electron chi connectivity index (χ1n) is 26.4. The molecule has 0 atom stereocenters. The average Bonchev–Trinajstić information content (AvgIpc) is 3.26. The highest BCUT2D eigenvalue weighted by molar-refractivity contribution is 5.63. The molecule has 3 aromatic rings. The Hall–Kier alpha value is -2.94. The number of rotatable bonds is 36. The highest BCUT2D eigenvalue weighted by atomic mass is 15.1. The van der Waals surface area contributed by atoms with Crippen LogP contribution in [0.15, 0.2) is 54.6 Å². The standard InChI is InChI=1S/C58H97N3/c1-10-16-22-28-40-59(41-29-23-17-11-2)52-37-34-49(7)55(46-52)58(56-47-53(38-35-50(56)8)60(42-30-24-18-12-3)43-31-25-19-13-4)57-48-54(39-36-51(57)9)61(44-32-26-20-14-5)45-33-27-21-15-6/h34-39,46-48,58H,10-33,40-45H2,1-9H3. The normalized spacial score (nSPS) is 11.5. The molecule has 0 saturated carbocycles. The third-order valence-corrected chi connectivity index (χ3v) is 13.5. The van der Waals surface area contributed by atoms with Gasteiger partial charge in [-0.1, -0.05) is 175 Å². The molecule has 0 saturated heterocycles. The molecule has 0 aliphatic carbocycles. The van der Waals surface area contributed by atoms with Gasteiger partial charge in [0.2, 0.25) is 0 Å². The van der Waals surface area contributed by atoms with Crippen LogP contribution >= 0.6 is 0 Å². The molecule has 0 bridgehead atoms. The largest absolute Gasteiger partial charge is 0.372 e. The summed E-state index contributed by atoms with van der Waals surface area (Å²) in [7, 11) is 0. The van der Waals surface area contributed by atoms with E-state index in [9.17, 15) is 0 Å². The van der Waals surface area contributed by atoms with Gasteiger partial charge in [0.15, 0.2) is 0 Å². The quantitative estimate of drug-likeness (QED) is 0.0427. The van der Waals surface area contributed by atoms with Crippen LogP contribution in [0, 0.1) is 20.8 Å². The van der Waals surface area contributed by atoms with Gasteiger partial charge in [0.1, 0.15) is 0 Å². The molecule has 0 N–H and O–H groups in total. The van der Waals surface area contributed by atoms with Crippen molar-refractivity contribution in [2.45, 2.75) is 222 Å². The Bertz CT molecular complexity index is 1340. The van der Waals surface area contributed by atoms with Crippen LogP contribution in [0.4, 0.5) is 17.1 Å². The summed E-state index contributed by atoms with van der Waals surface area (Å²) in [6, 6.07) is 22.6. The molecule has 0 aliphatic heterocycles. The van der Waals surface area contributed by atoms with Crippen LogP contribution in [0.2, 0.25) is 0 Å². The van der Waals surface area contributed by atoms with Crippen LogP contribution in [0.3, 0.4) is 0 Å². The lowest BCUT2D eigenvalue weighted by Gasteiger charge is -2.32. The van der Waals surface area contributed by atoms with Gasteiger partial charge in [-0.05, 0) is 129 Å². The minimum Gasteiger partial charge on any atom is -0.372 e. The fraction of sp³-hybridized carbons (Fsp3) is 0.690. The average molecular weight is 836 g/mol. The van der Waals surface area contributed by atoms with Crippen molar-refractivity contribution in [2.75, 3.05) is 54.0 Å². The molecule has 3 nitrogen and oxygen atoms in total. The van der Waals surface area contributed by atoms with Crippen molar-refractivity contribution in [3.05, 3.63) is 88.0 Å². The Morgan fingerprint density at radius 2 is 0.508 bits per heavy atom. The molecule has 0 radical (unpaired) electrons. The van der Waals surface area contributed by atoms with E-state index in [2.05, 4.69) is 132 Å². The molecule has 0 spiro atoms. The predicted molar refractivity (Wildman–Crippen MR) is 276 cm³/mol. The maximum atomic E-state index is 2.75. The van der Waals surface area contributed by atoms with E-state index >= 15 is 0 Å². The molecular weight excluding hydrogens is 739 g/mol. The summed E-state index contributed by atoms with van der Waals surface area (Å²) in [5, 5.41) is 0. The minimum absolute atomic E-state index is 0.158. The van der Waals surface area contributed by atoms with E-state index in [4.69, 9.17) is 0 Å². The van der Waals surface area contributed by atoms with Crippen molar-refractivity contribution < 1.29 is 0 Å². The van der Waals surface area contributed by atoms with Crippen LogP contribution in [0.25, 0.3) is 0 Å². The molecule has 0 amide bonds. The molecule has 0 fully saturated rings. The third-order valence-electron chi connectivity index (χ3n) is 13.5. The zero-order valence-corrected chi connectivity index (χ0v) is 41.8. The lowest BCUT2D eigenvalue weighted by atomic mass is 9.79. The van der Waals surface area contributed by atoms with Gasteiger partial charge in [0.05, 0.1) is 0 Å². The number of hydrogen-bond donors (Lipinski definition) is 0. The van der Waals surface area contributed by atoms with Gasteiger partial charge in [-0.3, -0.25) is 0 Å². The zero-order valence-electron chi connectivity index (χ0n) is 41.8. The number of unbranched alkanes of at least 4 members (excludes halogenated alkanes) is 18. The lowest BCUT2D eigenvalue weighted by molar-refractivity contribution is 0.608. The van der Waals surface area contributed by atoms with Gasteiger partial charge in [-0.15, -0.1) is 0 Å². The van der Waals surface area contributed by atoms with Crippen molar-refractivity contribution in [1.29, 1.82) is 0 Å². The van der Waals surface area contributed by atoms with E-state index in [1.807, 2.05) is 0 Å². The smallest absolute Gasteiger partial charge is 0.0369 e. The molecular formula is C58H97N3. The van der Waals surface area contributed by atoms with E-state index in [0.717, 1.165) is 39.3 Å². The Morgan fingerprint density at radius 3 is 0.705 bits per heavy atom. The Morgan fingerprint density at radius 1 is 0.295 bits per heavy atom. The molecule has 0 aromatic heterocycles. The maximum absolute atomic E-state index is 2.75. The van der Waals surface area contributed by atoms with E-state index in [-0.39, 0.29) is 5.92 Å². The first kappa shape index (κ1) is 52.4. The lowest BCUT2D eigenvalue weighted by Crippen LogP contribution is -2.27. The van der Waals surface area contributed by atoms with Gasteiger partial charge in [-0.2, -0.15) is 0 Å². The second-order valence-electron chi connectivity index (χ2n) is 18.9. The van der Waals surface area contributed by atoms with Crippen molar-refractivity contribution in [1.82, 2.24) is 0 Å². The first-order chi connectivity index (χ1) is 29.8. The SMILES string of the molecule is CCCCCCN(CCCCCC)c1ccc(C)c(C(c2cc(N(CCCCCC)CCCCCC)ccc2C)c2cc(N(CCCCCC)CCCCCC)ccc2C)c1. The van der Waals surface area contributed by atoms with E-state index in [1.165, 1.54) is 205 Å². The topological polar surface area (TPSA) is 9.72 Å². The number of anilines is 3. The second-order valence-corrected chi connectivity index (χ2v) is 18.9. The van der Waals surface area contributed by atoms with Crippen LogP contribution in [0.5, 0.6) is 0 Å². The number of nitrogens with zero attached hydrogens (tertiary/aromatic N) is 3. The van der Waals surface area contributed by atoms with Gasteiger partial charge >= 0.3 is 0 Å². The Kier molecular flexibility index (Phi) is 27.3. The highest BCUT2D eigenvalue weighted by Crippen LogP contribution is 2.42. The molecule has 0 unspecified atom stereocenters. The van der Waals surface area contributed by atoms with Crippen molar-refractivity contribution in [3.63, 3.8) is 0 Å². The molecule has 3 rings (SSSR count). The number of benzene rings is 3. The van der Waals surface area contributed by atoms with Crippen molar-refractivity contribution in [3.8, 4) is 0 Å². The fourth-order valence-corrected chi connectivity index (χ4v) is 9.40. The third kappa shape index (κ3) is 18.7. The molecule has 61 heavy (non-hydrogen) atoms. The van der Waals surface area contributed by atoms with Crippen LogP contribution < -0.4 is 14.7 Å². The molecule has 0 aliphatic rings. The summed E-state index contributed by atoms with van der Waals surface area (Å²) >= 11 is 0. The van der Waals surface area contributed by atoms with Gasteiger partial charge in [-0.25, -0.2) is 0 Å². The summed E-state index contributed by atoms with van der Waals surface area (Å²) in [6.45, 7) is 28.1. The van der Waals surface area contributed by atoms with E-state index in [0.29, 0.717) is 0 Å². The maximum Gasteiger partial charge on any atom is 0.0369 e. The zero-order chi connectivity index (χ0) is 44.1. The molecule has 0 heterocycles. The molecule has 344 valence electrons. The van der Waals surface area contributed by atoms with Gasteiger partial charge in [0.25, 0.3) is 0 Å². The first-order valence-corrected chi connectivity index (χ1v) is 26.4. The predicted octanol–water partition coefficient (Wildman–Crippen LogP) is 17.7. The number of hydrogen-bond acceptors (Lipinski definition) is 3. The van der Waals surface area contributed by atoms with Crippen molar-refractivity contribution in [2.24, 2.45) is 0 Å². The summed E-state index contributed by atoms with van der Waals surface area (Å²) in [5.74, 6) is 0.158. The summed E-state index contributed by atoms with van der Waals surface area (Å²) in [5.41, 5.74) is 12.9. The van der Waals surface area contributed by atoms with Crippen LogP contribution in [-0.2, 0) is 0 Å².